The van der Waals surface area contributed by atoms with E-state index in [-0.39, 0.29) is 6.42 Å². The predicted molar refractivity (Wildman–Crippen MR) is 165 cm³/mol. The van der Waals surface area contributed by atoms with Crippen LogP contribution in [0, 0.1) is 0 Å². The minimum atomic E-state index is -2.01. The Kier molecular flexibility index (Phi) is 13.9. The lowest BCUT2D eigenvalue weighted by atomic mass is 9.99. The molecule has 7 heteroatoms. The van der Waals surface area contributed by atoms with E-state index in [1.54, 1.807) is 43.6 Å². The van der Waals surface area contributed by atoms with Gasteiger partial charge in [0.15, 0.2) is 5.82 Å². The molecule has 0 aliphatic heterocycles. The van der Waals surface area contributed by atoms with Gasteiger partial charge in [-0.15, -0.1) is 0 Å². The predicted octanol–water partition coefficient (Wildman–Crippen LogP) is 9.88. The van der Waals surface area contributed by atoms with Gasteiger partial charge in [-0.2, -0.15) is 0 Å². The number of rotatable bonds is 19. The van der Waals surface area contributed by atoms with Crippen molar-refractivity contribution in [2.24, 2.45) is 0 Å². The zero-order valence-electron chi connectivity index (χ0n) is 25.4. The average molecular weight is 581 g/mol. The van der Waals surface area contributed by atoms with Crippen molar-refractivity contribution in [2.75, 3.05) is 6.61 Å². The minimum Gasteiger partial charge on any atom is -0.494 e. The SMILES string of the molecule is CCCCCCCCCC[C@](C)(F)C(=O)Oc1ccc(-c2cnc(-c3ccc(OCCCC[C@H](C)F)cc3)nc2)cc1. The van der Waals surface area contributed by atoms with E-state index in [2.05, 4.69) is 16.9 Å². The summed E-state index contributed by atoms with van der Waals surface area (Å²) in [7, 11) is 0. The van der Waals surface area contributed by atoms with Crippen LogP contribution in [0.1, 0.15) is 97.8 Å². The van der Waals surface area contributed by atoms with E-state index in [1.165, 1.54) is 39.0 Å². The molecule has 3 rings (SSSR count). The fraction of sp³-hybridized carbons (Fsp3) is 0.514. The molecular weight excluding hydrogens is 534 g/mol. The molecule has 0 unspecified atom stereocenters. The fourth-order valence-corrected chi connectivity index (χ4v) is 4.67. The summed E-state index contributed by atoms with van der Waals surface area (Å²) in [5.74, 6) is 0.798. The summed E-state index contributed by atoms with van der Waals surface area (Å²) >= 11 is 0. The van der Waals surface area contributed by atoms with Crippen LogP contribution in [0.25, 0.3) is 22.5 Å². The molecule has 0 bridgehead atoms. The topological polar surface area (TPSA) is 61.3 Å². The molecule has 2 aromatic carbocycles. The van der Waals surface area contributed by atoms with Crippen molar-refractivity contribution in [3.8, 4) is 34.0 Å². The standard InChI is InChI=1S/C35H46F2N2O3/c1-4-5-6-7-8-9-10-12-23-35(3,37)34(40)42-32-21-15-28(16-22-32)30-25-38-33(39-26-30)29-17-19-31(20-18-29)41-24-13-11-14-27(2)36/h15-22,25-27H,4-14,23-24H2,1-3H3/t27-,35-/m0/s1. The van der Waals surface area contributed by atoms with Crippen molar-refractivity contribution in [3.63, 3.8) is 0 Å². The molecule has 2 atom stereocenters. The highest BCUT2D eigenvalue weighted by molar-refractivity contribution is 5.81. The molecule has 0 saturated heterocycles. The van der Waals surface area contributed by atoms with Gasteiger partial charge in [-0.25, -0.2) is 23.5 Å². The Bertz CT molecular complexity index is 1180. The quantitative estimate of drug-likeness (QED) is 0.0802. The smallest absolute Gasteiger partial charge is 0.348 e. The number of hydrogen-bond acceptors (Lipinski definition) is 5. The van der Waals surface area contributed by atoms with Crippen molar-refractivity contribution in [1.29, 1.82) is 0 Å². The lowest BCUT2D eigenvalue weighted by Gasteiger charge is -2.18. The van der Waals surface area contributed by atoms with Crippen LogP contribution in [-0.4, -0.2) is 34.4 Å². The Morgan fingerprint density at radius 1 is 0.786 bits per heavy atom. The number of ether oxygens (including phenoxy) is 2. The number of benzene rings is 2. The number of carbonyl (C=O) groups excluding carboxylic acids is 1. The van der Waals surface area contributed by atoms with Gasteiger partial charge in [0, 0.05) is 23.5 Å². The first-order valence-electron chi connectivity index (χ1n) is 15.5. The van der Waals surface area contributed by atoms with Gasteiger partial charge in [-0.1, -0.05) is 64.0 Å². The van der Waals surface area contributed by atoms with Crippen LogP contribution in [0.5, 0.6) is 11.5 Å². The highest BCUT2D eigenvalue weighted by atomic mass is 19.1. The third-order valence-corrected chi connectivity index (χ3v) is 7.35. The average Bonchev–Trinajstić information content (AvgIpc) is 2.99. The van der Waals surface area contributed by atoms with Crippen LogP contribution < -0.4 is 9.47 Å². The second-order valence-electron chi connectivity index (χ2n) is 11.3. The fourth-order valence-electron chi connectivity index (χ4n) is 4.67. The molecule has 1 heterocycles. The largest absolute Gasteiger partial charge is 0.494 e. The van der Waals surface area contributed by atoms with Gasteiger partial charge in [0.25, 0.3) is 0 Å². The maximum absolute atomic E-state index is 15.0. The van der Waals surface area contributed by atoms with Crippen molar-refractivity contribution in [2.45, 2.75) is 110 Å². The maximum Gasteiger partial charge on any atom is 0.348 e. The van der Waals surface area contributed by atoms with Crippen LogP contribution in [0.4, 0.5) is 8.78 Å². The Labute approximate surface area is 250 Å². The zero-order valence-corrected chi connectivity index (χ0v) is 25.4. The van der Waals surface area contributed by atoms with Crippen molar-refractivity contribution in [1.82, 2.24) is 9.97 Å². The van der Waals surface area contributed by atoms with Gasteiger partial charge >= 0.3 is 5.97 Å². The molecular formula is C35H46F2N2O3. The number of nitrogens with zero attached hydrogens (tertiary/aromatic N) is 2. The number of esters is 1. The first-order chi connectivity index (χ1) is 20.3. The lowest BCUT2D eigenvalue weighted by molar-refractivity contribution is -0.147. The van der Waals surface area contributed by atoms with Crippen LogP contribution in [0.3, 0.4) is 0 Å². The first-order valence-corrected chi connectivity index (χ1v) is 15.5. The summed E-state index contributed by atoms with van der Waals surface area (Å²) in [5, 5.41) is 0. The molecule has 0 aliphatic rings. The molecule has 3 aromatic rings. The monoisotopic (exact) mass is 580 g/mol. The summed E-state index contributed by atoms with van der Waals surface area (Å²) in [6.07, 6.45) is 13.9. The zero-order chi connectivity index (χ0) is 30.2. The molecule has 0 N–H and O–H groups in total. The summed E-state index contributed by atoms with van der Waals surface area (Å²) in [4.78, 5) is 21.5. The summed E-state index contributed by atoms with van der Waals surface area (Å²) in [6, 6.07) is 14.5. The summed E-state index contributed by atoms with van der Waals surface area (Å²) < 4.78 is 38.9. The van der Waals surface area contributed by atoms with Crippen molar-refractivity contribution < 1.29 is 23.0 Å². The van der Waals surface area contributed by atoms with E-state index in [1.807, 2.05) is 24.3 Å². The van der Waals surface area contributed by atoms with Gasteiger partial charge in [-0.05, 0) is 87.9 Å². The molecule has 1 aromatic heterocycles. The lowest BCUT2D eigenvalue weighted by Crippen LogP contribution is -2.34. The second-order valence-corrected chi connectivity index (χ2v) is 11.3. The Hall–Kier alpha value is -3.35. The minimum absolute atomic E-state index is 0.166. The Morgan fingerprint density at radius 3 is 1.98 bits per heavy atom. The van der Waals surface area contributed by atoms with Crippen LogP contribution in [0.2, 0.25) is 0 Å². The van der Waals surface area contributed by atoms with E-state index >= 15 is 0 Å². The Balaban J connectivity index is 1.45. The first kappa shape index (κ1) is 33.2. The van der Waals surface area contributed by atoms with Gasteiger partial charge in [-0.3, -0.25) is 0 Å². The number of halogens is 2. The second kappa shape index (κ2) is 17.6. The molecule has 0 amide bonds. The number of unbranched alkanes of at least 4 members (excludes halogenated alkanes) is 8. The Morgan fingerprint density at radius 2 is 1.36 bits per heavy atom. The van der Waals surface area contributed by atoms with E-state index < -0.39 is 17.8 Å². The maximum atomic E-state index is 15.0. The van der Waals surface area contributed by atoms with Crippen LogP contribution >= 0.6 is 0 Å². The number of carbonyl (C=O) groups is 1. The van der Waals surface area contributed by atoms with Gasteiger partial charge in [0.1, 0.15) is 11.5 Å². The van der Waals surface area contributed by atoms with E-state index in [0.717, 1.165) is 48.1 Å². The van der Waals surface area contributed by atoms with Gasteiger partial charge in [0.2, 0.25) is 5.67 Å². The molecule has 0 saturated carbocycles. The van der Waals surface area contributed by atoms with E-state index in [9.17, 15) is 13.6 Å². The number of aromatic nitrogens is 2. The van der Waals surface area contributed by atoms with E-state index in [0.29, 0.717) is 31.0 Å². The molecule has 5 nitrogen and oxygen atoms in total. The summed E-state index contributed by atoms with van der Waals surface area (Å²) in [6.45, 7) is 5.64. The van der Waals surface area contributed by atoms with E-state index in [4.69, 9.17) is 9.47 Å². The number of hydrogen-bond donors (Lipinski definition) is 0. The molecule has 0 aliphatic carbocycles. The highest BCUT2D eigenvalue weighted by Crippen LogP contribution is 2.27. The van der Waals surface area contributed by atoms with Gasteiger partial charge in [0.05, 0.1) is 12.8 Å². The van der Waals surface area contributed by atoms with Crippen molar-refractivity contribution in [3.05, 3.63) is 60.9 Å². The van der Waals surface area contributed by atoms with Crippen LogP contribution in [-0.2, 0) is 4.79 Å². The van der Waals surface area contributed by atoms with Crippen molar-refractivity contribution >= 4 is 5.97 Å². The third-order valence-electron chi connectivity index (χ3n) is 7.35. The molecule has 0 fully saturated rings. The highest BCUT2D eigenvalue weighted by Gasteiger charge is 2.34. The van der Waals surface area contributed by atoms with Crippen LogP contribution in [0.15, 0.2) is 60.9 Å². The normalized spacial score (nSPS) is 13.4. The molecule has 228 valence electrons. The number of alkyl halides is 2. The summed E-state index contributed by atoms with van der Waals surface area (Å²) in [5.41, 5.74) is 0.520. The molecule has 0 radical (unpaired) electrons. The molecule has 0 spiro atoms. The molecule has 42 heavy (non-hydrogen) atoms. The van der Waals surface area contributed by atoms with Gasteiger partial charge < -0.3 is 9.47 Å². The third kappa shape index (κ3) is 11.5.